The quantitative estimate of drug-likeness (QED) is 0.740. The van der Waals surface area contributed by atoms with Crippen LogP contribution in [0, 0.1) is 6.92 Å². The first-order valence-electron chi connectivity index (χ1n) is 5.41. The summed E-state index contributed by atoms with van der Waals surface area (Å²) in [6, 6.07) is 3.97. The molecule has 0 amide bonds. The van der Waals surface area contributed by atoms with Crippen molar-refractivity contribution in [3.8, 4) is 0 Å². The Kier molecular flexibility index (Phi) is 2.93. The Balaban J connectivity index is 1.95. The highest BCUT2D eigenvalue weighted by Crippen LogP contribution is 2.29. The minimum atomic E-state index is 0.263. The minimum Gasteiger partial charge on any atom is -0.472 e. The molecule has 0 spiro atoms. The van der Waals surface area contributed by atoms with E-state index in [0.717, 1.165) is 21.6 Å². The number of halogens is 1. The van der Waals surface area contributed by atoms with Crippen molar-refractivity contribution in [3.63, 3.8) is 0 Å². The zero-order valence-electron chi connectivity index (χ0n) is 9.61. The van der Waals surface area contributed by atoms with Crippen LogP contribution >= 0.6 is 22.9 Å². The predicted molar refractivity (Wildman–Crippen MR) is 73.2 cm³/mol. The lowest BCUT2D eigenvalue weighted by Crippen LogP contribution is -2.01. The molecule has 0 aromatic carbocycles. The van der Waals surface area contributed by atoms with Gasteiger partial charge in [0.1, 0.15) is 10.6 Å². The van der Waals surface area contributed by atoms with Crippen LogP contribution in [0.1, 0.15) is 10.4 Å². The molecule has 0 bridgehead atoms. The Labute approximate surface area is 113 Å². The van der Waals surface area contributed by atoms with Crippen molar-refractivity contribution in [2.75, 3.05) is 5.32 Å². The van der Waals surface area contributed by atoms with Gasteiger partial charge in [-0.15, -0.1) is 11.3 Å². The second-order valence-electron chi connectivity index (χ2n) is 3.90. The van der Waals surface area contributed by atoms with Crippen LogP contribution in [0.3, 0.4) is 0 Å². The number of hydrogen-bond acceptors (Lipinski definition) is 5. The molecule has 0 fully saturated rings. The second kappa shape index (κ2) is 4.59. The molecular formula is C12H10ClN3OS. The van der Waals surface area contributed by atoms with Crippen molar-refractivity contribution >= 4 is 39.0 Å². The highest BCUT2D eigenvalue weighted by molar-refractivity contribution is 7.18. The van der Waals surface area contributed by atoms with Crippen LogP contribution in [0.5, 0.6) is 0 Å². The normalized spacial score (nSPS) is 11.0. The number of hydrogen-bond donors (Lipinski definition) is 1. The van der Waals surface area contributed by atoms with E-state index in [1.165, 1.54) is 4.88 Å². The van der Waals surface area contributed by atoms with Crippen molar-refractivity contribution in [2.24, 2.45) is 0 Å². The van der Waals surface area contributed by atoms with Gasteiger partial charge in [0.05, 0.1) is 17.9 Å². The van der Waals surface area contributed by atoms with E-state index < -0.39 is 0 Å². The molecule has 0 aliphatic carbocycles. The second-order valence-corrected chi connectivity index (χ2v) is 5.48. The molecule has 0 aliphatic heterocycles. The number of nitrogens with zero attached hydrogens (tertiary/aromatic N) is 2. The van der Waals surface area contributed by atoms with E-state index in [-0.39, 0.29) is 5.28 Å². The molecule has 0 aliphatic rings. The number of aryl methyl sites for hydroxylation is 1. The maximum absolute atomic E-state index is 5.92. The van der Waals surface area contributed by atoms with Gasteiger partial charge in [0, 0.05) is 17.0 Å². The van der Waals surface area contributed by atoms with Crippen LogP contribution in [0.15, 0.2) is 29.1 Å². The third-order valence-corrected chi connectivity index (χ3v) is 3.64. The van der Waals surface area contributed by atoms with Crippen molar-refractivity contribution in [1.29, 1.82) is 0 Å². The fraction of sp³-hybridized carbons (Fsp3) is 0.167. The summed E-state index contributed by atoms with van der Waals surface area (Å²) in [4.78, 5) is 10.5. The molecule has 6 heteroatoms. The van der Waals surface area contributed by atoms with Crippen molar-refractivity contribution < 1.29 is 4.42 Å². The molecule has 4 nitrogen and oxygen atoms in total. The summed E-state index contributed by atoms with van der Waals surface area (Å²) in [7, 11) is 0. The summed E-state index contributed by atoms with van der Waals surface area (Å²) in [6.45, 7) is 2.69. The van der Waals surface area contributed by atoms with Gasteiger partial charge in [-0.3, -0.25) is 0 Å². The zero-order chi connectivity index (χ0) is 12.5. The average molecular weight is 280 g/mol. The molecular weight excluding hydrogens is 270 g/mol. The minimum absolute atomic E-state index is 0.263. The Hall–Kier alpha value is -1.59. The Bertz CT molecular complexity index is 678. The number of rotatable bonds is 3. The highest BCUT2D eigenvalue weighted by Gasteiger charge is 2.09. The van der Waals surface area contributed by atoms with Crippen LogP contribution in [-0.2, 0) is 6.54 Å². The van der Waals surface area contributed by atoms with E-state index >= 15 is 0 Å². The van der Waals surface area contributed by atoms with Crippen molar-refractivity contribution in [2.45, 2.75) is 13.5 Å². The van der Waals surface area contributed by atoms with E-state index in [1.54, 1.807) is 23.9 Å². The molecule has 0 saturated heterocycles. The topological polar surface area (TPSA) is 51.0 Å². The molecule has 3 heterocycles. The largest absolute Gasteiger partial charge is 0.472 e. The molecule has 0 radical (unpaired) electrons. The molecule has 0 unspecified atom stereocenters. The van der Waals surface area contributed by atoms with E-state index in [2.05, 4.69) is 21.4 Å². The lowest BCUT2D eigenvalue weighted by Gasteiger charge is -2.05. The maximum atomic E-state index is 5.92. The number of aromatic nitrogens is 2. The monoisotopic (exact) mass is 279 g/mol. The number of furan rings is 1. The van der Waals surface area contributed by atoms with E-state index in [0.29, 0.717) is 6.54 Å². The average Bonchev–Trinajstić information content (AvgIpc) is 2.93. The third-order valence-electron chi connectivity index (χ3n) is 2.53. The van der Waals surface area contributed by atoms with E-state index in [4.69, 9.17) is 16.0 Å². The zero-order valence-corrected chi connectivity index (χ0v) is 11.2. The third kappa shape index (κ3) is 2.19. The van der Waals surface area contributed by atoms with Gasteiger partial charge in [-0.1, -0.05) is 0 Å². The van der Waals surface area contributed by atoms with Crippen LogP contribution < -0.4 is 5.32 Å². The first-order valence-corrected chi connectivity index (χ1v) is 6.60. The molecule has 0 saturated carbocycles. The van der Waals surface area contributed by atoms with E-state index in [1.807, 2.05) is 13.0 Å². The van der Waals surface area contributed by atoms with Gasteiger partial charge in [-0.2, -0.15) is 0 Å². The molecule has 0 atom stereocenters. The molecule has 3 rings (SSSR count). The Morgan fingerprint density at radius 2 is 2.33 bits per heavy atom. The van der Waals surface area contributed by atoms with Crippen LogP contribution in [-0.4, -0.2) is 9.97 Å². The van der Waals surface area contributed by atoms with E-state index in [9.17, 15) is 0 Å². The summed E-state index contributed by atoms with van der Waals surface area (Å²) in [6.07, 6.45) is 3.35. The smallest absolute Gasteiger partial charge is 0.225 e. The van der Waals surface area contributed by atoms with Gasteiger partial charge in [-0.05, 0) is 30.7 Å². The predicted octanol–water partition coefficient (Wildman–Crippen LogP) is 3.86. The van der Waals surface area contributed by atoms with Crippen LogP contribution in [0.25, 0.3) is 10.2 Å². The maximum Gasteiger partial charge on any atom is 0.225 e. The molecule has 3 aromatic rings. The lowest BCUT2D eigenvalue weighted by atomic mass is 10.3. The van der Waals surface area contributed by atoms with Gasteiger partial charge in [0.2, 0.25) is 5.28 Å². The van der Waals surface area contributed by atoms with Crippen molar-refractivity contribution in [3.05, 3.63) is 40.4 Å². The van der Waals surface area contributed by atoms with Gasteiger partial charge in [0.25, 0.3) is 0 Å². The highest BCUT2D eigenvalue weighted by atomic mass is 35.5. The Morgan fingerprint density at radius 3 is 3.11 bits per heavy atom. The summed E-state index contributed by atoms with van der Waals surface area (Å²) in [5, 5.41) is 4.52. The number of anilines is 1. The SMILES string of the molecule is Cc1cc2c(NCc3ccoc3)nc(Cl)nc2s1. The first kappa shape index (κ1) is 11.5. The summed E-state index contributed by atoms with van der Waals surface area (Å²) >= 11 is 7.53. The van der Waals surface area contributed by atoms with Crippen molar-refractivity contribution in [1.82, 2.24) is 9.97 Å². The van der Waals surface area contributed by atoms with Crippen LogP contribution in [0.4, 0.5) is 5.82 Å². The van der Waals surface area contributed by atoms with Gasteiger partial charge in [-0.25, -0.2) is 9.97 Å². The Morgan fingerprint density at radius 1 is 1.44 bits per heavy atom. The first-order chi connectivity index (χ1) is 8.72. The number of thiophene rings is 1. The van der Waals surface area contributed by atoms with Gasteiger partial charge < -0.3 is 9.73 Å². The fourth-order valence-electron chi connectivity index (χ4n) is 1.73. The molecule has 92 valence electrons. The summed E-state index contributed by atoms with van der Waals surface area (Å²) in [5.74, 6) is 0.760. The summed E-state index contributed by atoms with van der Waals surface area (Å²) in [5.41, 5.74) is 1.06. The standard InChI is InChI=1S/C12H10ClN3OS/c1-7-4-9-10(14-5-8-2-3-17-6-8)15-12(13)16-11(9)18-7/h2-4,6H,5H2,1H3,(H,14,15,16). The number of fused-ring (bicyclic) bond motifs is 1. The fourth-order valence-corrected chi connectivity index (χ4v) is 2.83. The molecule has 3 aromatic heterocycles. The molecule has 18 heavy (non-hydrogen) atoms. The summed E-state index contributed by atoms with van der Waals surface area (Å²) < 4.78 is 5.02. The molecule has 1 N–H and O–H groups in total. The van der Waals surface area contributed by atoms with Crippen LogP contribution in [0.2, 0.25) is 5.28 Å². The lowest BCUT2D eigenvalue weighted by molar-refractivity contribution is 0.564. The van der Waals surface area contributed by atoms with Gasteiger partial charge in [0.15, 0.2) is 0 Å². The van der Waals surface area contributed by atoms with Gasteiger partial charge >= 0.3 is 0 Å². The number of nitrogens with one attached hydrogen (secondary N) is 1.